The van der Waals surface area contributed by atoms with Crippen LogP contribution in [0.4, 0.5) is 11.4 Å². The van der Waals surface area contributed by atoms with Crippen molar-refractivity contribution in [2.75, 3.05) is 18.0 Å². The van der Waals surface area contributed by atoms with Crippen LogP contribution >= 0.6 is 11.6 Å². The van der Waals surface area contributed by atoms with Gasteiger partial charge in [0.25, 0.3) is 0 Å². The largest absolute Gasteiger partial charge is 0.350 e. The molecule has 1 atom stereocenters. The summed E-state index contributed by atoms with van der Waals surface area (Å²) in [5, 5.41) is 0.701. The van der Waals surface area contributed by atoms with Crippen molar-refractivity contribution < 1.29 is 0 Å². The maximum atomic E-state index is 6.17. The molecule has 1 aromatic rings. The molecule has 2 N–H and O–H groups in total. The van der Waals surface area contributed by atoms with Crippen LogP contribution in [0.3, 0.4) is 0 Å². The van der Waals surface area contributed by atoms with Crippen molar-refractivity contribution in [2.24, 2.45) is 15.7 Å². The average Bonchev–Trinajstić information content (AvgIpc) is 2.45. The van der Waals surface area contributed by atoms with E-state index >= 15 is 0 Å². The van der Waals surface area contributed by atoms with Crippen molar-refractivity contribution in [2.45, 2.75) is 25.9 Å². The Morgan fingerprint density at radius 2 is 2.05 bits per heavy atom. The van der Waals surface area contributed by atoms with Crippen LogP contribution in [0.2, 0.25) is 5.02 Å². The second kappa shape index (κ2) is 4.83. The summed E-state index contributed by atoms with van der Waals surface area (Å²) in [5.41, 5.74) is 9.04. The zero-order valence-electron chi connectivity index (χ0n) is 12.6. The fraction of sp³-hybridized carbons (Fsp3) is 0.375. The van der Waals surface area contributed by atoms with E-state index in [4.69, 9.17) is 27.3 Å². The van der Waals surface area contributed by atoms with E-state index in [2.05, 4.69) is 29.8 Å². The molecule has 0 radical (unpaired) electrons. The first-order chi connectivity index (χ1) is 10.5. The minimum absolute atomic E-state index is 0.159. The number of nitrogens with two attached hydrogens (primary N) is 1. The van der Waals surface area contributed by atoms with Gasteiger partial charge in [-0.05, 0) is 37.6 Å². The number of rotatable bonds is 0. The van der Waals surface area contributed by atoms with Gasteiger partial charge < -0.3 is 10.6 Å². The maximum absolute atomic E-state index is 6.17. The SMILES string of the molecule is CC1=CN2C(=NC1C)C(N1CC(N)C1)=Nc1ccc(Cl)cc12. The van der Waals surface area contributed by atoms with Crippen LogP contribution in [-0.4, -0.2) is 41.7 Å². The summed E-state index contributed by atoms with van der Waals surface area (Å²) in [6.07, 6.45) is 2.14. The number of benzene rings is 1. The number of hydrogen-bond acceptors (Lipinski definition) is 5. The van der Waals surface area contributed by atoms with Gasteiger partial charge >= 0.3 is 0 Å². The highest BCUT2D eigenvalue weighted by molar-refractivity contribution is 6.48. The van der Waals surface area contributed by atoms with Crippen LogP contribution in [0.25, 0.3) is 0 Å². The molecular formula is C16H18ClN5. The van der Waals surface area contributed by atoms with Gasteiger partial charge in [0.1, 0.15) is 0 Å². The summed E-state index contributed by atoms with van der Waals surface area (Å²) in [4.78, 5) is 13.9. The standard InChI is InChI=1S/C16H18ClN5/c1-9-6-22-14-5-11(17)3-4-13(14)20-15(16(22)19-10(9)2)21-7-12(18)8-21/h3-6,10,12H,7-8,18H2,1-2H3. The Morgan fingerprint density at radius 1 is 1.27 bits per heavy atom. The first-order valence-electron chi connectivity index (χ1n) is 7.47. The summed E-state index contributed by atoms with van der Waals surface area (Å²) < 4.78 is 0. The molecule has 1 unspecified atom stereocenters. The molecule has 114 valence electrons. The molecular weight excluding hydrogens is 298 g/mol. The number of likely N-dealkylation sites (tertiary alicyclic amines) is 1. The molecule has 0 amide bonds. The number of anilines is 1. The Labute approximate surface area is 134 Å². The van der Waals surface area contributed by atoms with E-state index in [9.17, 15) is 0 Å². The topological polar surface area (TPSA) is 57.2 Å². The van der Waals surface area contributed by atoms with E-state index < -0.39 is 0 Å². The summed E-state index contributed by atoms with van der Waals surface area (Å²) in [5.74, 6) is 1.80. The number of amidine groups is 2. The molecule has 0 saturated carbocycles. The second-order valence-corrected chi connectivity index (χ2v) is 6.54. The van der Waals surface area contributed by atoms with Gasteiger partial charge in [0, 0.05) is 30.4 Å². The number of aliphatic imine (C=N–C) groups is 2. The Kier molecular flexibility index (Phi) is 3.03. The number of nitrogens with zero attached hydrogens (tertiary/aromatic N) is 4. The second-order valence-electron chi connectivity index (χ2n) is 6.11. The lowest BCUT2D eigenvalue weighted by atomic mass is 10.1. The lowest BCUT2D eigenvalue weighted by Gasteiger charge is -2.43. The van der Waals surface area contributed by atoms with E-state index in [1.165, 1.54) is 5.57 Å². The van der Waals surface area contributed by atoms with Gasteiger partial charge in [0.15, 0.2) is 11.7 Å². The van der Waals surface area contributed by atoms with Gasteiger partial charge in [0.05, 0.1) is 17.4 Å². The fourth-order valence-corrected chi connectivity index (χ4v) is 3.08. The summed E-state index contributed by atoms with van der Waals surface area (Å²) in [6.45, 7) is 5.85. The Morgan fingerprint density at radius 3 is 2.77 bits per heavy atom. The van der Waals surface area contributed by atoms with Gasteiger partial charge in [-0.15, -0.1) is 0 Å². The molecule has 0 aliphatic carbocycles. The monoisotopic (exact) mass is 315 g/mol. The molecule has 0 spiro atoms. The van der Waals surface area contributed by atoms with E-state index in [0.29, 0.717) is 5.02 Å². The van der Waals surface area contributed by atoms with Crippen LogP contribution in [-0.2, 0) is 0 Å². The fourth-order valence-electron chi connectivity index (χ4n) is 2.92. The molecule has 3 aliphatic heterocycles. The molecule has 22 heavy (non-hydrogen) atoms. The highest BCUT2D eigenvalue weighted by Gasteiger charge is 2.36. The quantitative estimate of drug-likeness (QED) is 0.800. The smallest absolute Gasteiger partial charge is 0.176 e. The highest BCUT2D eigenvalue weighted by Crippen LogP contribution is 2.38. The zero-order chi connectivity index (χ0) is 15.4. The summed E-state index contributed by atoms with van der Waals surface area (Å²) >= 11 is 6.17. The molecule has 5 nitrogen and oxygen atoms in total. The van der Waals surface area contributed by atoms with Crippen molar-refractivity contribution >= 4 is 34.6 Å². The van der Waals surface area contributed by atoms with Crippen molar-refractivity contribution in [1.82, 2.24) is 4.90 Å². The predicted molar refractivity (Wildman–Crippen MR) is 91.2 cm³/mol. The number of halogens is 1. The molecule has 3 heterocycles. The van der Waals surface area contributed by atoms with Gasteiger partial charge in [0.2, 0.25) is 0 Å². The molecule has 1 fully saturated rings. The Bertz CT molecular complexity index is 730. The number of hydrogen-bond donors (Lipinski definition) is 1. The molecule has 1 aromatic carbocycles. The molecule has 0 aromatic heterocycles. The minimum Gasteiger partial charge on any atom is -0.350 e. The third-order valence-electron chi connectivity index (χ3n) is 4.37. The number of fused-ring (bicyclic) bond motifs is 3. The average molecular weight is 316 g/mol. The van der Waals surface area contributed by atoms with E-state index in [-0.39, 0.29) is 12.1 Å². The molecule has 3 aliphatic rings. The third-order valence-corrected chi connectivity index (χ3v) is 4.60. The van der Waals surface area contributed by atoms with Crippen LogP contribution in [0.1, 0.15) is 13.8 Å². The summed E-state index contributed by atoms with van der Waals surface area (Å²) in [7, 11) is 0. The van der Waals surface area contributed by atoms with Crippen LogP contribution in [0.15, 0.2) is 40.0 Å². The minimum atomic E-state index is 0.159. The van der Waals surface area contributed by atoms with E-state index in [0.717, 1.165) is 36.1 Å². The van der Waals surface area contributed by atoms with Gasteiger partial charge in [-0.3, -0.25) is 9.89 Å². The Balaban J connectivity index is 1.85. The van der Waals surface area contributed by atoms with Crippen molar-refractivity contribution in [3.63, 3.8) is 0 Å². The first-order valence-corrected chi connectivity index (χ1v) is 7.85. The van der Waals surface area contributed by atoms with E-state index in [1.54, 1.807) is 0 Å². The van der Waals surface area contributed by atoms with Crippen LogP contribution in [0, 0.1) is 0 Å². The van der Waals surface area contributed by atoms with Gasteiger partial charge in [-0.2, -0.15) is 0 Å². The van der Waals surface area contributed by atoms with E-state index in [1.807, 2.05) is 18.2 Å². The van der Waals surface area contributed by atoms with Crippen molar-refractivity contribution in [3.8, 4) is 0 Å². The lowest BCUT2D eigenvalue weighted by molar-refractivity contribution is 0.257. The third kappa shape index (κ3) is 2.04. The Hall–Kier alpha value is -1.85. The molecule has 6 heteroatoms. The zero-order valence-corrected chi connectivity index (χ0v) is 13.4. The molecule has 4 rings (SSSR count). The van der Waals surface area contributed by atoms with Crippen molar-refractivity contribution in [3.05, 3.63) is 35.0 Å². The predicted octanol–water partition coefficient (Wildman–Crippen LogP) is 2.54. The normalized spacial score (nSPS) is 24.0. The first kappa shape index (κ1) is 13.8. The van der Waals surface area contributed by atoms with Crippen LogP contribution in [0.5, 0.6) is 0 Å². The molecule has 0 bridgehead atoms. The lowest BCUT2D eigenvalue weighted by Crippen LogP contribution is -2.61. The van der Waals surface area contributed by atoms with Gasteiger partial charge in [-0.1, -0.05) is 11.6 Å². The van der Waals surface area contributed by atoms with Crippen LogP contribution < -0.4 is 10.6 Å². The summed E-state index contributed by atoms with van der Waals surface area (Å²) in [6, 6.07) is 6.15. The highest BCUT2D eigenvalue weighted by atomic mass is 35.5. The molecule has 1 saturated heterocycles. The van der Waals surface area contributed by atoms with Crippen molar-refractivity contribution in [1.29, 1.82) is 0 Å². The maximum Gasteiger partial charge on any atom is 0.176 e. The van der Waals surface area contributed by atoms with Gasteiger partial charge in [-0.25, -0.2) is 4.99 Å².